The van der Waals surface area contributed by atoms with Gasteiger partial charge in [0, 0.05) is 22.0 Å². The lowest BCUT2D eigenvalue weighted by atomic mass is 9.93. The van der Waals surface area contributed by atoms with Gasteiger partial charge in [0.05, 0.1) is 22.6 Å². The van der Waals surface area contributed by atoms with E-state index in [0.717, 1.165) is 28.0 Å². The molecule has 2 nitrogen and oxygen atoms in total. The van der Waals surface area contributed by atoms with Crippen molar-refractivity contribution in [1.82, 2.24) is 4.98 Å². The number of anilines is 3. The Morgan fingerprint density at radius 3 is 2.22 bits per heavy atom. The first kappa shape index (κ1) is 14.5. The van der Waals surface area contributed by atoms with E-state index in [9.17, 15) is 0 Å². The molecule has 0 saturated carbocycles. The molecule has 5 aromatic rings. The van der Waals surface area contributed by atoms with Gasteiger partial charge in [-0.2, -0.15) is 0 Å². The third-order valence-corrected chi connectivity index (χ3v) is 5.34. The zero-order valence-corrected chi connectivity index (χ0v) is 14.6. The van der Waals surface area contributed by atoms with Crippen LogP contribution in [0.2, 0.25) is 0 Å². The average molecular weight is 344 g/mol. The van der Waals surface area contributed by atoms with Crippen molar-refractivity contribution in [2.75, 3.05) is 4.90 Å². The fourth-order valence-corrected chi connectivity index (χ4v) is 4.16. The molecule has 4 aromatic carbocycles. The first-order chi connectivity index (χ1) is 13.4. The molecule has 2 heterocycles. The van der Waals surface area contributed by atoms with Crippen LogP contribution in [0.1, 0.15) is 0 Å². The van der Waals surface area contributed by atoms with Crippen LogP contribution in [0.3, 0.4) is 0 Å². The number of fused-ring (bicyclic) bond motifs is 3. The number of rotatable bonds is 1. The normalized spacial score (nSPS) is 12.4. The number of para-hydroxylation sites is 2. The van der Waals surface area contributed by atoms with Gasteiger partial charge in [-0.25, -0.2) is 4.98 Å². The van der Waals surface area contributed by atoms with E-state index in [-0.39, 0.29) is 0 Å². The topological polar surface area (TPSA) is 16.1 Å². The average Bonchev–Trinajstić information content (AvgIpc) is 2.74. The summed E-state index contributed by atoms with van der Waals surface area (Å²) < 4.78 is 0. The summed E-state index contributed by atoms with van der Waals surface area (Å²) >= 11 is 0. The predicted molar refractivity (Wildman–Crippen MR) is 113 cm³/mol. The fourth-order valence-electron chi connectivity index (χ4n) is 4.16. The second kappa shape index (κ2) is 5.42. The summed E-state index contributed by atoms with van der Waals surface area (Å²) in [6.45, 7) is 0. The number of pyridine rings is 1. The molecule has 1 aromatic heterocycles. The van der Waals surface area contributed by atoms with Gasteiger partial charge in [0.25, 0.3) is 0 Å². The molecule has 0 saturated heterocycles. The lowest BCUT2D eigenvalue weighted by Crippen LogP contribution is -2.15. The van der Waals surface area contributed by atoms with E-state index in [0.29, 0.717) is 0 Å². The minimum absolute atomic E-state index is 1.03. The minimum Gasteiger partial charge on any atom is -0.308 e. The van der Waals surface area contributed by atoms with Crippen molar-refractivity contribution in [2.24, 2.45) is 0 Å². The number of aromatic nitrogens is 1. The molecule has 0 fully saturated rings. The molecule has 0 aliphatic carbocycles. The van der Waals surface area contributed by atoms with Crippen LogP contribution in [0.15, 0.2) is 97.1 Å². The van der Waals surface area contributed by atoms with Crippen molar-refractivity contribution in [3.8, 4) is 11.3 Å². The van der Waals surface area contributed by atoms with Crippen LogP contribution in [0.25, 0.3) is 32.9 Å². The minimum atomic E-state index is 1.03. The Kier molecular flexibility index (Phi) is 2.91. The molecule has 0 amide bonds. The van der Waals surface area contributed by atoms with Crippen LogP contribution in [-0.4, -0.2) is 4.98 Å². The largest absolute Gasteiger partial charge is 0.308 e. The van der Waals surface area contributed by atoms with Gasteiger partial charge >= 0.3 is 0 Å². The predicted octanol–water partition coefficient (Wildman–Crippen LogP) is 6.84. The molecular weight excluding hydrogens is 328 g/mol. The second-order valence-corrected chi connectivity index (χ2v) is 6.90. The maximum atomic E-state index is 5.07. The van der Waals surface area contributed by atoms with Crippen LogP contribution >= 0.6 is 0 Å². The van der Waals surface area contributed by atoms with Crippen LogP contribution in [-0.2, 0) is 0 Å². The summed E-state index contributed by atoms with van der Waals surface area (Å²) in [7, 11) is 0. The van der Waals surface area contributed by atoms with Crippen molar-refractivity contribution in [3.05, 3.63) is 97.1 Å². The highest BCUT2D eigenvalue weighted by molar-refractivity contribution is 6.14. The van der Waals surface area contributed by atoms with Crippen molar-refractivity contribution >= 4 is 38.7 Å². The third kappa shape index (κ3) is 2.04. The molecule has 0 N–H and O–H groups in total. The van der Waals surface area contributed by atoms with E-state index in [4.69, 9.17) is 4.98 Å². The van der Waals surface area contributed by atoms with E-state index in [1.54, 1.807) is 0 Å². The molecule has 2 heteroatoms. The highest BCUT2D eigenvalue weighted by Crippen LogP contribution is 2.50. The molecule has 126 valence electrons. The first-order valence-electron chi connectivity index (χ1n) is 9.17. The van der Waals surface area contributed by atoms with Crippen LogP contribution in [0.5, 0.6) is 0 Å². The smallest absolute Gasteiger partial charge is 0.0957 e. The maximum absolute atomic E-state index is 5.07. The summed E-state index contributed by atoms with van der Waals surface area (Å²) in [6.07, 6.45) is 0. The maximum Gasteiger partial charge on any atom is 0.0957 e. The van der Waals surface area contributed by atoms with E-state index >= 15 is 0 Å². The number of nitrogens with zero attached hydrogens (tertiary/aromatic N) is 2. The molecule has 1 aliphatic rings. The Morgan fingerprint density at radius 2 is 1.33 bits per heavy atom. The molecule has 6 rings (SSSR count). The SMILES string of the molecule is c1ccc(N2c3cc4ccccc4nc3-c3cccc4cccc2c34)cc1. The lowest BCUT2D eigenvalue weighted by Gasteiger charge is -2.33. The van der Waals surface area contributed by atoms with Crippen LogP contribution in [0, 0.1) is 0 Å². The van der Waals surface area contributed by atoms with Crippen molar-refractivity contribution in [2.45, 2.75) is 0 Å². The summed E-state index contributed by atoms with van der Waals surface area (Å²) in [5, 5.41) is 3.66. The zero-order chi connectivity index (χ0) is 17.8. The fraction of sp³-hybridized carbons (Fsp3) is 0. The number of hydrogen-bond acceptors (Lipinski definition) is 2. The summed E-state index contributed by atoms with van der Waals surface area (Å²) in [6, 6.07) is 34.2. The van der Waals surface area contributed by atoms with Crippen molar-refractivity contribution in [3.63, 3.8) is 0 Å². The Bertz CT molecular complexity index is 1320. The van der Waals surface area contributed by atoms with Gasteiger partial charge in [0.1, 0.15) is 0 Å². The summed E-state index contributed by atoms with van der Waals surface area (Å²) in [5.74, 6) is 0. The monoisotopic (exact) mass is 344 g/mol. The molecule has 0 bridgehead atoms. The van der Waals surface area contributed by atoms with Crippen molar-refractivity contribution < 1.29 is 0 Å². The van der Waals surface area contributed by atoms with Gasteiger partial charge in [0.2, 0.25) is 0 Å². The zero-order valence-electron chi connectivity index (χ0n) is 14.6. The molecule has 1 aliphatic heterocycles. The number of benzene rings is 4. The molecule has 0 unspecified atom stereocenters. The second-order valence-electron chi connectivity index (χ2n) is 6.90. The number of hydrogen-bond donors (Lipinski definition) is 0. The van der Waals surface area contributed by atoms with Gasteiger partial charge < -0.3 is 4.90 Å². The highest BCUT2D eigenvalue weighted by atomic mass is 15.2. The van der Waals surface area contributed by atoms with Gasteiger partial charge in [-0.1, -0.05) is 66.7 Å². The van der Waals surface area contributed by atoms with Crippen LogP contribution < -0.4 is 4.90 Å². The molecule has 0 spiro atoms. The van der Waals surface area contributed by atoms with Gasteiger partial charge in [-0.05, 0) is 35.7 Å². The van der Waals surface area contributed by atoms with E-state index in [2.05, 4.69) is 95.9 Å². The Morgan fingerprint density at radius 1 is 0.593 bits per heavy atom. The lowest BCUT2D eigenvalue weighted by molar-refractivity contribution is 1.25. The third-order valence-electron chi connectivity index (χ3n) is 5.34. The highest BCUT2D eigenvalue weighted by Gasteiger charge is 2.27. The Labute approximate surface area is 157 Å². The summed E-state index contributed by atoms with van der Waals surface area (Å²) in [5.41, 5.74) is 6.77. The van der Waals surface area contributed by atoms with Gasteiger partial charge in [0.15, 0.2) is 0 Å². The molecular formula is C25H16N2. The molecule has 0 radical (unpaired) electrons. The van der Waals surface area contributed by atoms with Crippen LogP contribution in [0.4, 0.5) is 17.1 Å². The quantitative estimate of drug-likeness (QED) is 0.325. The van der Waals surface area contributed by atoms with E-state index in [1.807, 2.05) is 6.07 Å². The molecule has 0 atom stereocenters. The summed E-state index contributed by atoms with van der Waals surface area (Å²) in [4.78, 5) is 7.41. The molecule has 27 heavy (non-hydrogen) atoms. The Balaban J connectivity index is 1.80. The van der Waals surface area contributed by atoms with Gasteiger partial charge in [-0.15, -0.1) is 0 Å². The van der Waals surface area contributed by atoms with Gasteiger partial charge in [-0.3, -0.25) is 0 Å². The van der Waals surface area contributed by atoms with Crippen molar-refractivity contribution in [1.29, 1.82) is 0 Å². The standard InChI is InChI=1S/C25H16N2/c1-2-11-19(12-3-1)27-22-15-7-10-17-9-6-13-20(24(17)22)25-23(27)16-18-8-4-5-14-21(18)26-25/h1-16H. The van der Waals surface area contributed by atoms with E-state index in [1.165, 1.54) is 22.0 Å². The van der Waals surface area contributed by atoms with E-state index < -0.39 is 0 Å². The first-order valence-corrected chi connectivity index (χ1v) is 9.17. The Hall–Kier alpha value is -3.65.